The smallest absolute Gasteiger partial charge is 0.248 e. The monoisotopic (exact) mass is 350 g/mol. The van der Waals surface area contributed by atoms with Gasteiger partial charge in [-0.3, -0.25) is 4.79 Å². The van der Waals surface area contributed by atoms with Gasteiger partial charge in [0.25, 0.3) is 0 Å². The highest BCUT2D eigenvalue weighted by Crippen LogP contribution is 2.50. The number of hydrogen-bond acceptors (Lipinski definition) is 6. The van der Waals surface area contributed by atoms with E-state index in [1.807, 2.05) is 11.8 Å². The van der Waals surface area contributed by atoms with Gasteiger partial charge in [0, 0.05) is 31.6 Å². The van der Waals surface area contributed by atoms with Crippen LogP contribution < -0.4 is 4.90 Å². The molecule has 1 aromatic rings. The lowest BCUT2D eigenvalue weighted by atomic mass is 9.82. The molecule has 3 fully saturated rings. The van der Waals surface area contributed by atoms with Gasteiger partial charge in [-0.1, -0.05) is 17.8 Å². The van der Waals surface area contributed by atoms with Crippen LogP contribution in [-0.4, -0.2) is 60.4 Å². The second-order valence-electron chi connectivity index (χ2n) is 7.52. The Labute approximate surface area is 147 Å². The standard InChI is InChI=1S/C17H26N4O2S/c1-13-18-19-16(24-13)21-9-14-5-4-6-17(14,11-21)12-23-10-15(22)20-7-2-3-8-20/h14H,2-12H2,1H3/t14-,17+/m1/s1. The summed E-state index contributed by atoms with van der Waals surface area (Å²) < 4.78 is 5.94. The van der Waals surface area contributed by atoms with E-state index < -0.39 is 0 Å². The molecule has 0 radical (unpaired) electrons. The van der Waals surface area contributed by atoms with Crippen LogP contribution in [0, 0.1) is 18.3 Å². The average Bonchev–Trinajstić information content (AvgIpc) is 3.30. The molecule has 3 heterocycles. The van der Waals surface area contributed by atoms with E-state index in [0.717, 1.165) is 49.2 Å². The van der Waals surface area contributed by atoms with E-state index in [1.165, 1.54) is 19.3 Å². The Morgan fingerprint density at radius 3 is 2.92 bits per heavy atom. The van der Waals surface area contributed by atoms with Crippen LogP contribution in [0.25, 0.3) is 0 Å². The zero-order valence-electron chi connectivity index (χ0n) is 14.4. The molecule has 2 saturated heterocycles. The number of amides is 1. The Hall–Kier alpha value is -1.21. The number of fused-ring (bicyclic) bond motifs is 1. The van der Waals surface area contributed by atoms with Crippen molar-refractivity contribution in [3.63, 3.8) is 0 Å². The zero-order chi connectivity index (χ0) is 16.6. The highest BCUT2D eigenvalue weighted by atomic mass is 32.1. The normalized spacial score (nSPS) is 29.5. The van der Waals surface area contributed by atoms with Crippen molar-refractivity contribution < 1.29 is 9.53 Å². The average molecular weight is 350 g/mol. The molecule has 0 N–H and O–H groups in total. The number of carbonyl (C=O) groups excluding carboxylic acids is 1. The summed E-state index contributed by atoms with van der Waals surface area (Å²) in [6.45, 7) is 6.79. The van der Waals surface area contributed by atoms with Crippen molar-refractivity contribution in [1.82, 2.24) is 15.1 Å². The van der Waals surface area contributed by atoms with E-state index >= 15 is 0 Å². The van der Waals surface area contributed by atoms with Crippen molar-refractivity contribution in [2.45, 2.75) is 39.0 Å². The maximum absolute atomic E-state index is 12.2. The third kappa shape index (κ3) is 3.04. The number of hydrogen-bond donors (Lipinski definition) is 0. The van der Waals surface area contributed by atoms with Crippen molar-refractivity contribution >= 4 is 22.4 Å². The summed E-state index contributed by atoms with van der Waals surface area (Å²) in [5.74, 6) is 0.816. The Morgan fingerprint density at radius 1 is 1.33 bits per heavy atom. The van der Waals surface area contributed by atoms with Crippen LogP contribution in [0.4, 0.5) is 5.13 Å². The number of anilines is 1. The minimum atomic E-state index is 0.160. The van der Waals surface area contributed by atoms with Crippen molar-refractivity contribution in [3.8, 4) is 0 Å². The van der Waals surface area contributed by atoms with Crippen molar-refractivity contribution in [2.75, 3.05) is 44.3 Å². The summed E-state index contributed by atoms with van der Waals surface area (Å²) in [5.41, 5.74) is 0.199. The van der Waals surface area contributed by atoms with E-state index in [0.29, 0.717) is 12.5 Å². The summed E-state index contributed by atoms with van der Waals surface area (Å²) in [5, 5.41) is 10.5. The van der Waals surface area contributed by atoms with E-state index in [9.17, 15) is 4.79 Å². The number of rotatable bonds is 5. The Balaban J connectivity index is 1.35. The Morgan fingerprint density at radius 2 is 2.17 bits per heavy atom. The number of ether oxygens (including phenoxy) is 1. The molecular formula is C17H26N4O2S. The van der Waals surface area contributed by atoms with Gasteiger partial charge in [-0.25, -0.2) is 0 Å². The predicted octanol–water partition coefficient (Wildman–Crippen LogP) is 2.09. The molecule has 1 saturated carbocycles. The molecular weight excluding hydrogens is 324 g/mol. The first-order chi connectivity index (χ1) is 11.7. The summed E-state index contributed by atoms with van der Waals surface area (Å²) in [4.78, 5) is 16.5. The molecule has 2 aliphatic heterocycles. The third-order valence-electron chi connectivity index (χ3n) is 5.90. The Bertz CT molecular complexity index is 601. The lowest BCUT2D eigenvalue weighted by molar-refractivity contribution is -0.136. The van der Waals surface area contributed by atoms with Gasteiger partial charge in [-0.05, 0) is 38.5 Å². The summed E-state index contributed by atoms with van der Waals surface area (Å²) >= 11 is 1.67. The third-order valence-corrected chi connectivity index (χ3v) is 6.80. The van der Waals surface area contributed by atoms with Crippen molar-refractivity contribution in [1.29, 1.82) is 0 Å². The number of nitrogens with zero attached hydrogens (tertiary/aromatic N) is 4. The van der Waals surface area contributed by atoms with Crippen LogP contribution in [0.3, 0.4) is 0 Å². The van der Waals surface area contributed by atoms with Crippen LogP contribution in [0.5, 0.6) is 0 Å². The maximum Gasteiger partial charge on any atom is 0.248 e. The SMILES string of the molecule is Cc1nnc(N2C[C@H]3CCC[C@@]3(COCC(=O)N3CCCC3)C2)s1. The molecule has 0 unspecified atom stereocenters. The van der Waals surface area contributed by atoms with Crippen LogP contribution in [0.15, 0.2) is 0 Å². The van der Waals surface area contributed by atoms with Crippen molar-refractivity contribution in [2.24, 2.45) is 11.3 Å². The molecule has 1 aromatic heterocycles. The molecule has 132 valence electrons. The fourth-order valence-electron chi connectivity index (χ4n) is 4.61. The van der Waals surface area contributed by atoms with E-state index in [2.05, 4.69) is 15.1 Å². The fraction of sp³-hybridized carbons (Fsp3) is 0.824. The second kappa shape index (κ2) is 6.59. The quantitative estimate of drug-likeness (QED) is 0.814. The summed E-state index contributed by atoms with van der Waals surface area (Å²) in [7, 11) is 0. The van der Waals surface area contributed by atoms with Crippen LogP contribution in [-0.2, 0) is 9.53 Å². The molecule has 6 nitrogen and oxygen atoms in total. The van der Waals surface area contributed by atoms with Crippen molar-refractivity contribution in [3.05, 3.63) is 5.01 Å². The van der Waals surface area contributed by atoms with Gasteiger partial charge >= 0.3 is 0 Å². The molecule has 1 amide bonds. The van der Waals surface area contributed by atoms with E-state index in [4.69, 9.17) is 4.74 Å². The number of aryl methyl sites for hydroxylation is 1. The van der Waals surface area contributed by atoms with E-state index in [-0.39, 0.29) is 17.9 Å². The van der Waals surface area contributed by atoms with Gasteiger partial charge in [-0.2, -0.15) is 0 Å². The molecule has 0 bridgehead atoms. The minimum absolute atomic E-state index is 0.160. The number of likely N-dealkylation sites (tertiary alicyclic amines) is 1. The first kappa shape index (κ1) is 16.3. The maximum atomic E-state index is 12.2. The lowest BCUT2D eigenvalue weighted by Crippen LogP contribution is -2.36. The van der Waals surface area contributed by atoms with Gasteiger partial charge in [0.05, 0.1) is 6.61 Å². The molecule has 1 aliphatic carbocycles. The van der Waals surface area contributed by atoms with Crippen LogP contribution in [0.2, 0.25) is 0 Å². The summed E-state index contributed by atoms with van der Waals surface area (Å²) in [6, 6.07) is 0. The van der Waals surface area contributed by atoms with Gasteiger partial charge in [0.15, 0.2) is 0 Å². The molecule has 7 heteroatoms. The molecule has 0 spiro atoms. The molecule has 4 rings (SSSR count). The molecule has 2 atom stereocenters. The van der Waals surface area contributed by atoms with Crippen LogP contribution >= 0.6 is 11.3 Å². The topological polar surface area (TPSA) is 58.6 Å². The zero-order valence-corrected chi connectivity index (χ0v) is 15.2. The van der Waals surface area contributed by atoms with Gasteiger partial charge in [-0.15, -0.1) is 10.2 Å². The van der Waals surface area contributed by atoms with Gasteiger partial charge < -0.3 is 14.5 Å². The van der Waals surface area contributed by atoms with E-state index in [1.54, 1.807) is 11.3 Å². The van der Waals surface area contributed by atoms with Crippen LogP contribution in [0.1, 0.15) is 37.1 Å². The second-order valence-corrected chi connectivity index (χ2v) is 8.68. The predicted molar refractivity (Wildman–Crippen MR) is 93.3 cm³/mol. The highest BCUT2D eigenvalue weighted by molar-refractivity contribution is 7.15. The van der Waals surface area contributed by atoms with Gasteiger partial charge in [0.2, 0.25) is 11.0 Å². The highest BCUT2D eigenvalue weighted by Gasteiger charge is 2.50. The molecule has 3 aliphatic rings. The minimum Gasteiger partial charge on any atom is -0.371 e. The summed E-state index contributed by atoms with van der Waals surface area (Å²) in [6.07, 6.45) is 6.00. The number of carbonyl (C=O) groups is 1. The first-order valence-corrected chi connectivity index (χ1v) is 9.88. The largest absolute Gasteiger partial charge is 0.371 e. The fourth-order valence-corrected chi connectivity index (χ4v) is 5.31. The lowest BCUT2D eigenvalue weighted by Gasteiger charge is -2.28. The van der Waals surface area contributed by atoms with Gasteiger partial charge in [0.1, 0.15) is 11.6 Å². The Kier molecular flexibility index (Phi) is 4.47. The first-order valence-electron chi connectivity index (χ1n) is 9.07. The number of aromatic nitrogens is 2. The molecule has 24 heavy (non-hydrogen) atoms. The molecule has 0 aromatic carbocycles.